The van der Waals surface area contributed by atoms with Crippen molar-refractivity contribution >= 4 is 17.9 Å². The van der Waals surface area contributed by atoms with Crippen LogP contribution in [0.15, 0.2) is 24.3 Å². The minimum absolute atomic E-state index is 0.278. The molecule has 11 nitrogen and oxygen atoms in total. The van der Waals surface area contributed by atoms with E-state index < -0.39 is 42.0 Å². The summed E-state index contributed by atoms with van der Waals surface area (Å²) in [6.45, 7) is 13.8. The van der Waals surface area contributed by atoms with Crippen LogP contribution >= 0.6 is 0 Å². The first-order chi connectivity index (χ1) is 18.6. The number of piperidine rings is 2. The lowest BCUT2D eigenvalue weighted by molar-refractivity contribution is -0.170. The highest BCUT2D eigenvalue weighted by Gasteiger charge is 2.41. The van der Waals surface area contributed by atoms with Gasteiger partial charge in [0.2, 0.25) is 0 Å². The Morgan fingerprint density at radius 2 is 1.40 bits per heavy atom. The van der Waals surface area contributed by atoms with Crippen molar-refractivity contribution in [2.45, 2.75) is 70.5 Å². The molecule has 0 unspecified atom stereocenters. The van der Waals surface area contributed by atoms with E-state index in [0.717, 1.165) is 49.7 Å². The third-order valence-corrected chi connectivity index (χ3v) is 7.76. The highest BCUT2D eigenvalue weighted by Crippen LogP contribution is 2.38. The number of aliphatic carboxylic acids is 3. The van der Waals surface area contributed by atoms with Crippen LogP contribution in [0.2, 0.25) is 0 Å². The number of carbonyl (C=O) groups is 3. The highest BCUT2D eigenvalue weighted by molar-refractivity contribution is 5.88. The van der Waals surface area contributed by atoms with Crippen LogP contribution < -0.4 is 4.74 Å². The first-order valence-electron chi connectivity index (χ1n) is 13.8. The highest BCUT2D eigenvalue weighted by atomic mass is 16.5. The van der Waals surface area contributed by atoms with Crippen LogP contribution in [0.1, 0.15) is 64.9 Å². The van der Waals surface area contributed by atoms with Crippen LogP contribution in [0.25, 0.3) is 0 Å². The average Bonchev–Trinajstić information content (AvgIpc) is 2.86. The maximum Gasteiger partial charge on any atom is 0.336 e. The summed E-state index contributed by atoms with van der Waals surface area (Å²) in [5.74, 6) is -3.33. The zero-order valence-electron chi connectivity index (χ0n) is 24.1. The number of rotatable bonds is 11. The molecule has 0 saturated carbocycles. The Kier molecular flexibility index (Phi) is 11.9. The topological polar surface area (TPSA) is 168 Å². The molecule has 5 N–H and O–H groups in total. The van der Waals surface area contributed by atoms with Crippen molar-refractivity contribution in [3.63, 3.8) is 0 Å². The minimum Gasteiger partial charge on any atom is -0.496 e. The molecule has 2 aliphatic rings. The molecule has 0 radical (unpaired) electrons. The van der Waals surface area contributed by atoms with Crippen molar-refractivity contribution in [3.8, 4) is 5.75 Å². The minimum atomic E-state index is -2.74. The molecule has 0 amide bonds. The fourth-order valence-electron chi connectivity index (χ4n) is 5.57. The normalized spacial score (nSPS) is 18.9. The number of likely N-dealkylation sites (tertiary alicyclic amines) is 2. The Bertz CT molecular complexity index is 981. The fourth-order valence-corrected chi connectivity index (χ4v) is 5.57. The summed E-state index contributed by atoms with van der Waals surface area (Å²) in [4.78, 5) is 35.7. The molecule has 2 heterocycles. The molecule has 40 heavy (non-hydrogen) atoms. The Labute approximate surface area is 236 Å². The first-order valence-corrected chi connectivity index (χ1v) is 13.8. The summed E-state index contributed by atoms with van der Waals surface area (Å²) < 4.78 is 5.48. The van der Waals surface area contributed by atoms with E-state index >= 15 is 0 Å². The number of methoxy groups -OCH3 is 1. The predicted molar refractivity (Wildman–Crippen MR) is 148 cm³/mol. The number of hydrogen-bond donors (Lipinski definition) is 5. The van der Waals surface area contributed by atoms with Gasteiger partial charge in [0, 0.05) is 31.7 Å². The average molecular weight is 567 g/mol. The van der Waals surface area contributed by atoms with Gasteiger partial charge in [-0.05, 0) is 56.2 Å². The Balaban J connectivity index is 0.000000366. The molecule has 1 aromatic carbocycles. The molecule has 1 aromatic rings. The predicted octanol–water partition coefficient (Wildman–Crippen LogP) is 2.49. The zero-order chi connectivity index (χ0) is 30.1. The van der Waals surface area contributed by atoms with Crippen LogP contribution in [-0.4, -0.2) is 105 Å². The third kappa shape index (κ3) is 10.0. The molecule has 0 aliphatic carbocycles. The summed E-state index contributed by atoms with van der Waals surface area (Å²) in [6.07, 6.45) is 1.93. The molecule has 2 aliphatic heterocycles. The number of benzene rings is 1. The maximum atomic E-state index is 11.2. The molecule has 2 saturated heterocycles. The monoisotopic (exact) mass is 566 g/mol. The summed E-state index contributed by atoms with van der Waals surface area (Å²) >= 11 is 0. The van der Waals surface area contributed by atoms with E-state index in [0.29, 0.717) is 0 Å². The SMILES string of the molecule is COc1ccccc1C1(O)CCN(CC(C)(C)CN2CCC(C)CC2)CC1.O=C(O)CC(O)(CC(=O)O)C(=O)O. The van der Waals surface area contributed by atoms with Gasteiger partial charge in [0.15, 0.2) is 5.60 Å². The van der Waals surface area contributed by atoms with Gasteiger partial charge >= 0.3 is 17.9 Å². The second kappa shape index (κ2) is 14.2. The van der Waals surface area contributed by atoms with Gasteiger partial charge in [-0.15, -0.1) is 0 Å². The van der Waals surface area contributed by atoms with Gasteiger partial charge < -0.3 is 40.1 Å². The lowest BCUT2D eigenvalue weighted by Gasteiger charge is -2.43. The molecular formula is C29H46N2O9. The largest absolute Gasteiger partial charge is 0.496 e. The summed E-state index contributed by atoms with van der Waals surface area (Å²) in [6, 6.07) is 7.91. The van der Waals surface area contributed by atoms with Crippen LogP contribution in [0.4, 0.5) is 0 Å². The number of carboxylic acids is 3. The van der Waals surface area contributed by atoms with Gasteiger partial charge in [0.1, 0.15) is 5.75 Å². The van der Waals surface area contributed by atoms with Crippen molar-refractivity contribution in [3.05, 3.63) is 29.8 Å². The molecular weight excluding hydrogens is 520 g/mol. The van der Waals surface area contributed by atoms with Crippen molar-refractivity contribution < 1.29 is 44.7 Å². The molecule has 0 aromatic heterocycles. The summed E-state index contributed by atoms with van der Waals surface area (Å²) in [7, 11) is 1.68. The molecule has 2 fully saturated rings. The Morgan fingerprint density at radius 1 is 0.925 bits per heavy atom. The van der Waals surface area contributed by atoms with E-state index in [1.165, 1.54) is 32.5 Å². The van der Waals surface area contributed by atoms with Gasteiger partial charge in [0.05, 0.1) is 25.6 Å². The second-order valence-corrected chi connectivity index (χ2v) is 12.1. The smallest absolute Gasteiger partial charge is 0.336 e. The summed E-state index contributed by atoms with van der Waals surface area (Å²) in [5.41, 5.74) is -2.29. The van der Waals surface area contributed by atoms with E-state index in [9.17, 15) is 19.5 Å². The van der Waals surface area contributed by atoms with Crippen LogP contribution in [0.5, 0.6) is 5.75 Å². The maximum absolute atomic E-state index is 11.2. The molecule has 3 rings (SSSR count). The van der Waals surface area contributed by atoms with Crippen LogP contribution in [0, 0.1) is 11.3 Å². The van der Waals surface area contributed by atoms with E-state index in [2.05, 4.69) is 30.6 Å². The molecule has 11 heteroatoms. The Morgan fingerprint density at radius 3 is 1.85 bits per heavy atom. The number of hydrogen-bond acceptors (Lipinski definition) is 8. The van der Waals surface area contributed by atoms with Crippen molar-refractivity contribution in [2.75, 3.05) is 46.4 Å². The third-order valence-electron chi connectivity index (χ3n) is 7.76. The lowest BCUT2D eigenvalue weighted by atomic mass is 9.82. The van der Waals surface area contributed by atoms with Gasteiger partial charge in [-0.1, -0.05) is 39.0 Å². The standard InChI is InChI=1S/C23H38N2O2.C6H8O7/c1-19-9-13-24(14-10-19)17-22(2,3)18-25-15-11-23(26,12-16-25)20-7-5-6-8-21(20)27-4;7-3(8)1-6(13,5(11)12)2-4(9)10/h5-8,19,26H,9-18H2,1-4H3;13H,1-2H2,(H,7,8)(H,9,10)(H,11,12). The van der Waals surface area contributed by atoms with E-state index in [1.807, 2.05) is 24.3 Å². The zero-order valence-corrected chi connectivity index (χ0v) is 24.1. The number of carboxylic acid groups (broad SMARTS) is 3. The number of para-hydroxylation sites is 1. The first kappa shape index (κ1) is 33.5. The number of aliphatic hydroxyl groups is 2. The molecule has 0 spiro atoms. The van der Waals surface area contributed by atoms with Crippen molar-refractivity contribution in [2.24, 2.45) is 11.3 Å². The quantitative estimate of drug-likeness (QED) is 0.267. The van der Waals surface area contributed by atoms with Crippen molar-refractivity contribution in [1.82, 2.24) is 9.80 Å². The number of ether oxygens (including phenoxy) is 1. The lowest BCUT2D eigenvalue weighted by Crippen LogP contribution is -2.49. The summed E-state index contributed by atoms with van der Waals surface area (Å²) in [5, 5.41) is 45.1. The van der Waals surface area contributed by atoms with Crippen molar-refractivity contribution in [1.29, 1.82) is 0 Å². The van der Waals surface area contributed by atoms with Gasteiger partial charge in [0.25, 0.3) is 0 Å². The van der Waals surface area contributed by atoms with E-state index in [1.54, 1.807) is 7.11 Å². The van der Waals surface area contributed by atoms with E-state index in [4.69, 9.17) is 25.2 Å². The van der Waals surface area contributed by atoms with Crippen LogP contribution in [0.3, 0.4) is 0 Å². The molecule has 0 atom stereocenters. The number of nitrogens with zero attached hydrogens (tertiary/aromatic N) is 2. The van der Waals surface area contributed by atoms with Gasteiger partial charge in [-0.3, -0.25) is 9.59 Å². The Hall–Kier alpha value is -2.73. The molecule has 226 valence electrons. The van der Waals surface area contributed by atoms with Crippen LogP contribution in [-0.2, 0) is 20.0 Å². The molecule has 0 bridgehead atoms. The van der Waals surface area contributed by atoms with Gasteiger partial charge in [-0.25, -0.2) is 4.79 Å². The van der Waals surface area contributed by atoms with E-state index in [-0.39, 0.29) is 5.41 Å². The van der Waals surface area contributed by atoms with Gasteiger partial charge in [-0.2, -0.15) is 0 Å². The second-order valence-electron chi connectivity index (χ2n) is 12.1. The fraction of sp³-hybridized carbons (Fsp3) is 0.690.